The van der Waals surface area contributed by atoms with Crippen LogP contribution in [-0.4, -0.2) is 16.6 Å². The summed E-state index contributed by atoms with van der Waals surface area (Å²) in [6, 6.07) is 17.5. The van der Waals surface area contributed by atoms with Crippen molar-refractivity contribution in [1.82, 2.24) is 0 Å². The average Bonchev–Trinajstić information content (AvgIpc) is 2.69. The number of hydrogen-bond donors (Lipinski definition) is 1. The smallest absolute Gasteiger partial charge is 0.269 e. The van der Waals surface area contributed by atoms with Gasteiger partial charge in [-0.05, 0) is 55.3 Å². The molecule has 0 fully saturated rings. The fourth-order valence-electron chi connectivity index (χ4n) is 2.73. The van der Waals surface area contributed by atoms with Gasteiger partial charge in [0.1, 0.15) is 0 Å². The van der Waals surface area contributed by atoms with Crippen molar-refractivity contribution in [2.75, 3.05) is 5.32 Å². The van der Waals surface area contributed by atoms with Crippen molar-refractivity contribution in [1.29, 1.82) is 0 Å². The molecule has 140 valence electrons. The molecule has 0 saturated carbocycles. The van der Waals surface area contributed by atoms with E-state index in [-0.39, 0.29) is 17.0 Å². The summed E-state index contributed by atoms with van der Waals surface area (Å²) < 4.78 is 0. The maximum absolute atomic E-state index is 12.7. The molecule has 0 unspecified atom stereocenters. The molecule has 1 N–H and O–H groups in total. The lowest BCUT2D eigenvalue weighted by Crippen LogP contribution is -2.12. The van der Waals surface area contributed by atoms with Crippen LogP contribution >= 0.6 is 0 Å². The van der Waals surface area contributed by atoms with E-state index in [0.29, 0.717) is 16.8 Å². The number of carbonyl (C=O) groups excluding carboxylic acids is 2. The van der Waals surface area contributed by atoms with Crippen molar-refractivity contribution in [2.45, 2.75) is 13.8 Å². The van der Waals surface area contributed by atoms with Crippen molar-refractivity contribution >= 4 is 23.1 Å². The van der Waals surface area contributed by atoms with E-state index in [1.807, 2.05) is 26.0 Å². The summed E-state index contributed by atoms with van der Waals surface area (Å²) in [6.45, 7) is 3.94. The van der Waals surface area contributed by atoms with E-state index >= 15 is 0 Å². The first kappa shape index (κ1) is 19.0. The number of aryl methyl sites for hydroxylation is 2. The number of nitro groups is 1. The van der Waals surface area contributed by atoms with E-state index in [0.717, 1.165) is 11.1 Å². The van der Waals surface area contributed by atoms with E-state index < -0.39 is 10.8 Å². The third kappa shape index (κ3) is 4.12. The molecule has 0 aliphatic carbocycles. The van der Waals surface area contributed by atoms with Gasteiger partial charge in [-0.25, -0.2) is 0 Å². The number of non-ortho nitro benzene ring substituents is 1. The zero-order valence-corrected chi connectivity index (χ0v) is 15.4. The van der Waals surface area contributed by atoms with Gasteiger partial charge in [0.05, 0.1) is 4.92 Å². The lowest BCUT2D eigenvalue weighted by atomic mass is 9.99. The van der Waals surface area contributed by atoms with Gasteiger partial charge in [0.2, 0.25) is 0 Å². The Morgan fingerprint density at radius 3 is 2.11 bits per heavy atom. The average molecular weight is 374 g/mol. The lowest BCUT2D eigenvalue weighted by molar-refractivity contribution is -0.384. The van der Waals surface area contributed by atoms with Crippen LogP contribution in [0.4, 0.5) is 11.4 Å². The number of anilines is 1. The topological polar surface area (TPSA) is 89.3 Å². The van der Waals surface area contributed by atoms with Gasteiger partial charge in [0.15, 0.2) is 5.78 Å². The van der Waals surface area contributed by atoms with Crippen LogP contribution in [0.2, 0.25) is 0 Å². The third-order valence-electron chi connectivity index (χ3n) is 4.49. The Morgan fingerprint density at radius 2 is 1.46 bits per heavy atom. The Hall–Kier alpha value is -3.80. The summed E-state index contributed by atoms with van der Waals surface area (Å²) in [4.78, 5) is 35.3. The summed E-state index contributed by atoms with van der Waals surface area (Å²) in [6.07, 6.45) is 0. The van der Waals surface area contributed by atoms with Gasteiger partial charge >= 0.3 is 0 Å². The lowest BCUT2D eigenvalue weighted by Gasteiger charge is -2.08. The maximum Gasteiger partial charge on any atom is 0.269 e. The molecule has 0 saturated heterocycles. The number of benzene rings is 3. The Balaban J connectivity index is 1.79. The predicted molar refractivity (Wildman–Crippen MR) is 107 cm³/mol. The van der Waals surface area contributed by atoms with Gasteiger partial charge in [-0.1, -0.05) is 24.3 Å². The Morgan fingerprint density at radius 1 is 0.821 bits per heavy atom. The van der Waals surface area contributed by atoms with Gasteiger partial charge in [-0.15, -0.1) is 0 Å². The number of nitro benzene ring substituents is 1. The molecular formula is C22H18N2O4. The van der Waals surface area contributed by atoms with Crippen LogP contribution in [-0.2, 0) is 0 Å². The van der Waals surface area contributed by atoms with Gasteiger partial charge in [0, 0.05) is 34.5 Å². The second-order valence-electron chi connectivity index (χ2n) is 6.47. The normalized spacial score (nSPS) is 10.4. The first-order chi connectivity index (χ1) is 13.3. The van der Waals surface area contributed by atoms with Gasteiger partial charge < -0.3 is 5.32 Å². The molecule has 6 heteroatoms. The van der Waals surface area contributed by atoms with Crippen molar-refractivity contribution in [3.05, 3.63) is 105 Å². The zero-order valence-electron chi connectivity index (χ0n) is 15.4. The number of hydrogen-bond acceptors (Lipinski definition) is 4. The van der Waals surface area contributed by atoms with Crippen molar-refractivity contribution in [3.63, 3.8) is 0 Å². The molecular weight excluding hydrogens is 356 g/mol. The molecule has 0 aliphatic heterocycles. The molecule has 0 radical (unpaired) electrons. The number of nitrogens with one attached hydrogen (secondary N) is 1. The minimum absolute atomic E-state index is 0.0856. The maximum atomic E-state index is 12.7. The largest absolute Gasteiger partial charge is 0.322 e. The molecule has 6 nitrogen and oxygen atoms in total. The van der Waals surface area contributed by atoms with Gasteiger partial charge in [0.25, 0.3) is 11.6 Å². The highest BCUT2D eigenvalue weighted by Gasteiger charge is 2.13. The van der Waals surface area contributed by atoms with Gasteiger partial charge in [-0.2, -0.15) is 0 Å². The van der Waals surface area contributed by atoms with E-state index in [2.05, 4.69) is 5.32 Å². The number of rotatable bonds is 5. The molecule has 0 spiro atoms. The van der Waals surface area contributed by atoms with E-state index in [1.54, 1.807) is 30.3 Å². The van der Waals surface area contributed by atoms with E-state index in [9.17, 15) is 19.7 Å². The summed E-state index contributed by atoms with van der Waals surface area (Å²) >= 11 is 0. The minimum Gasteiger partial charge on any atom is -0.322 e. The summed E-state index contributed by atoms with van der Waals surface area (Å²) in [5, 5.41) is 13.4. The summed E-state index contributed by atoms with van der Waals surface area (Å²) in [5.41, 5.74) is 3.87. The summed E-state index contributed by atoms with van der Waals surface area (Å²) in [5.74, 6) is -0.541. The highest BCUT2D eigenvalue weighted by atomic mass is 16.6. The van der Waals surface area contributed by atoms with E-state index in [4.69, 9.17) is 0 Å². The quantitative estimate of drug-likeness (QED) is 0.398. The zero-order chi connectivity index (χ0) is 20.3. The van der Waals surface area contributed by atoms with Crippen LogP contribution in [0, 0.1) is 24.0 Å². The van der Waals surface area contributed by atoms with Crippen molar-refractivity contribution < 1.29 is 14.5 Å². The minimum atomic E-state index is -0.524. The molecule has 0 atom stereocenters. The highest BCUT2D eigenvalue weighted by molar-refractivity contribution is 6.10. The fraction of sp³-hybridized carbons (Fsp3) is 0.0909. The second kappa shape index (κ2) is 7.84. The molecule has 3 aromatic rings. The molecule has 0 aliphatic rings. The van der Waals surface area contributed by atoms with Gasteiger partial charge in [-0.3, -0.25) is 19.7 Å². The van der Waals surface area contributed by atoms with Crippen LogP contribution in [0.15, 0.2) is 66.7 Å². The molecule has 1 amide bonds. The second-order valence-corrected chi connectivity index (χ2v) is 6.47. The predicted octanol–water partition coefficient (Wildman–Crippen LogP) is 4.69. The Labute approximate surface area is 162 Å². The number of nitrogens with zero attached hydrogens (tertiary/aromatic N) is 1. The molecule has 0 heterocycles. The molecule has 3 rings (SSSR count). The highest BCUT2D eigenvalue weighted by Crippen LogP contribution is 2.19. The number of amides is 1. The van der Waals surface area contributed by atoms with Crippen LogP contribution in [0.1, 0.15) is 37.4 Å². The van der Waals surface area contributed by atoms with Crippen LogP contribution in [0.25, 0.3) is 0 Å². The number of carbonyl (C=O) groups is 2. The SMILES string of the molecule is Cc1ccc(C(=O)c2cccc(NC(=O)c3ccc([N+](=O)[O-])cc3)c2)cc1C. The Bertz CT molecular complexity index is 1070. The first-order valence-corrected chi connectivity index (χ1v) is 8.63. The summed E-state index contributed by atoms with van der Waals surface area (Å²) in [7, 11) is 0. The molecule has 28 heavy (non-hydrogen) atoms. The fourth-order valence-corrected chi connectivity index (χ4v) is 2.73. The molecule has 0 bridgehead atoms. The van der Waals surface area contributed by atoms with Crippen LogP contribution in [0.5, 0.6) is 0 Å². The first-order valence-electron chi connectivity index (χ1n) is 8.63. The van der Waals surface area contributed by atoms with Crippen LogP contribution < -0.4 is 5.32 Å². The van der Waals surface area contributed by atoms with Crippen molar-refractivity contribution in [3.8, 4) is 0 Å². The van der Waals surface area contributed by atoms with Crippen molar-refractivity contribution in [2.24, 2.45) is 0 Å². The monoisotopic (exact) mass is 374 g/mol. The third-order valence-corrected chi connectivity index (χ3v) is 4.49. The van der Waals surface area contributed by atoms with Crippen LogP contribution in [0.3, 0.4) is 0 Å². The number of ketones is 1. The Kier molecular flexibility index (Phi) is 5.31. The standard InChI is InChI=1S/C22H18N2O4/c1-14-6-7-18(12-15(14)2)21(25)17-4-3-5-19(13-17)23-22(26)16-8-10-20(11-9-16)24(27)28/h3-13H,1-2H3,(H,23,26). The molecule has 3 aromatic carbocycles. The molecule has 0 aromatic heterocycles. The van der Waals surface area contributed by atoms with E-state index in [1.165, 1.54) is 24.3 Å².